The van der Waals surface area contributed by atoms with Crippen LogP contribution in [0.2, 0.25) is 0 Å². The molecule has 2 aliphatic heterocycles. The Labute approximate surface area is 117 Å². The molecule has 104 valence electrons. The monoisotopic (exact) mass is 258 g/mol. The van der Waals surface area contributed by atoms with Crippen LogP contribution in [0.4, 0.5) is 5.69 Å². The maximum Gasteiger partial charge on any atom is 0.0419 e. The van der Waals surface area contributed by atoms with E-state index in [1.807, 2.05) is 0 Å². The Kier molecular flexibility index (Phi) is 3.53. The second-order valence-corrected chi connectivity index (χ2v) is 6.57. The number of hydrogen-bond acceptors (Lipinski definition) is 2. The highest BCUT2D eigenvalue weighted by molar-refractivity contribution is 5.61. The van der Waals surface area contributed by atoms with E-state index in [-0.39, 0.29) is 0 Å². The van der Waals surface area contributed by atoms with E-state index < -0.39 is 0 Å². The van der Waals surface area contributed by atoms with Gasteiger partial charge in [-0.15, -0.1) is 0 Å². The first-order chi connectivity index (χ1) is 9.20. The number of rotatable bonds is 3. The number of para-hydroxylation sites is 1. The molecule has 0 aromatic heterocycles. The summed E-state index contributed by atoms with van der Waals surface area (Å²) in [6, 6.07) is 6.79. The zero-order chi connectivity index (χ0) is 13.3. The first-order valence-electron chi connectivity index (χ1n) is 7.77. The Morgan fingerprint density at radius 2 is 2.05 bits per heavy atom. The Morgan fingerprint density at radius 3 is 2.79 bits per heavy atom. The fourth-order valence-corrected chi connectivity index (χ4v) is 3.39. The van der Waals surface area contributed by atoms with Crippen LogP contribution in [0, 0.1) is 5.41 Å². The van der Waals surface area contributed by atoms with Gasteiger partial charge in [-0.2, -0.15) is 0 Å². The average Bonchev–Trinajstić information content (AvgIpc) is 2.91. The van der Waals surface area contributed by atoms with Gasteiger partial charge in [0, 0.05) is 18.8 Å². The number of benzene rings is 1. The average molecular weight is 258 g/mol. The Morgan fingerprint density at radius 1 is 1.26 bits per heavy atom. The van der Waals surface area contributed by atoms with Gasteiger partial charge in [0.1, 0.15) is 0 Å². The third kappa shape index (κ3) is 2.64. The second-order valence-electron chi connectivity index (χ2n) is 6.57. The molecule has 0 radical (unpaired) electrons. The van der Waals surface area contributed by atoms with Crippen molar-refractivity contribution >= 4 is 5.69 Å². The molecule has 0 unspecified atom stereocenters. The van der Waals surface area contributed by atoms with Gasteiger partial charge in [-0.3, -0.25) is 4.90 Å². The summed E-state index contributed by atoms with van der Waals surface area (Å²) in [5, 5.41) is 3.56. The van der Waals surface area contributed by atoms with Crippen molar-refractivity contribution in [3.8, 4) is 0 Å². The van der Waals surface area contributed by atoms with Crippen molar-refractivity contribution in [2.24, 2.45) is 5.41 Å². The van der Waals surface area contributed by atoms with Gasteiger partial charge in [-0.25, -0.2) is 0 Å². The fraction of sp³-hybridized carbons (Fsp3) is 0.647. The summed E-state index contributed by atoms with van der Waals surface area (Å²) in [6.45, 7) is 9.54. The van der Waals surface area contributed by atoms with Gasteiger partial charge in [0.05, 0.1) is 0 Å². The molecule has 1 saturated heterocycles. The lowest BCUT2D eigenvalue weighted by Gasteiger charge is -2.39. The highest BCUT2D eigenvalue weighted by Gasteiger charge is 2.28. The molecule has 19 heavy (non-hydrogen) atoms. The van der Waals surface area contributed by atoms with E-state index in [0.717, 1.165) is 13.1 Å². The minimum absolute atomic E-state index is 0.591. The van der Waals surface area contributed by atoms with Gasteiger partial charge in [0.15, 0.2) is 0 Å². The van der Waals surface area contributed by atoms with E-state index in [2.05, 4.69) is 42.3 Å². The highest BCUT2D eigenvalue weighted by Crippen LogP contribution is 2.35. The van der Waals surface area contributed by atoms with Crippen LogP contribution in [-0.2, 0) is 13.0 Å². The lowest BCUT2D eigenvalue weighted by atomic mass is 9.78. The zero-order valence-electron chi connectivity index (χ0n) is 12.3. The highest BCUT2D eigenvalue weighted by atomic mass is 15.1. The first-order valence-corrected chi connectivity index (χ1v) is 7.77. The summed E-state index contributed by atoms with van der Waals surface area (Å²) in [6.07, 6.45) is 5.22. The van der Waals surface area contributed by atoms with Crippen LogP contribution in [0.5, 0.6) is 0 Å². The molecule has 2 aliphatic rings. The van der Waals surface area contributed by atoms with Crippen molar-refractivity contribution in [1.82, 2.24) is 4.90 Å². The normalized spacial score (nSPS) is 22.0. The molecule has 2 nitrogen and oxygen atoms in total. The second kappa shape index (κ2) is 5.16. The Bertz CT molecular complexity index is 445. The minimum Gasteiger partial charge on any atom is -0.384 e. The van der Waals surface area contributed by atoms with E-state index in [1.54, 1.807) is 0 Å². The molecule has 0 spiro atoms. The molecule has 0 aliphatic carbocycles. The van der Waals surface area contributed by atoms with Gasteiger partial charge in [-0.1, -0.05) is 38.5 Å². The molecule has 2 heteroatoms. The summed E-state index contributed by atoms with van der Waals surface area (Å²) in [5.41, 5.74) is 5.02. The van der Waals surface area contributed by atoms with Crippen LogP contribution in [-0.4, -0.2) is 24.5 Å². The third-order valence-electron chi connectivity index (χ3n) is 5.24. The van der Waals surface area contributed by atoms with Crippen molar-refractivity contribution < 1.29 is 0 Å². The summed E-state index contributed by atoms with van der Waals surface area (Å²) >= 11 is 0. The largest absolute Gasteiger partial charge is 0.384 e. The third-order valence-corrected chi connectivity index (χ3v) is 5.24. The van der Waals surface area contributed by atoms with E-state index in [0.29, 0.717) is 5.41 Å². The van der Waals surface area contributed by atoms with E-state index >= 15 is 0 Å². The van der Waals surface area contributed by atoms with E-state index in [1.165, 1.54) is 55.6 Å². The van der Waals surface area contributed by atoms with Crippen LogP contribution in [0.1, 0.15) is 44.2 Å². The molecular weight excluding hydrogens is 232 g/mol. The lowest BCUT2D eigenvalue weighted by molar-refractivity contribution is 0.110. The molecule has 3 rings (SSSR count). The summed E-state index contributed by atoms with van der Waals surface area (Å²) in [7, 11) is 0. The number of fused-ring (bicyclic) bond motifs is 1. The quantitative estimate of drug-likeness (QED) is 0.890. The van der Waals surface area contributed by atoms with Gasteiger partial charge in [-0.05, 0) is 48.9 Å². The maximum absolute atomic E-state index is 3.56. The van der Waals surface area contributed by atoms with E-state index in [9.17, 15) is 0 Å². The van der Waals surface area contributed by atoms with Crippen molar-refractivity contribution in [1.29, 1.82) is 0 Å². The predicted molar refractivity (Wildman–Crippen MR) is 81.5 cm³/mol. The topological polar surface area (TPSA) is 15.3 Å². The molecule has 0 saturated carbocycles. The van der Waals surface area contributed by atoms with Crippen LogP contribution in [0.25, 0.3) is 0 Å². The molecule has 1 aromatic rings. The van der Waals surface area contributed by atoms with Crippen molar-refractivity contribution in [3.05, 3.63) is 29.3 Å². The summed E-state index contributed by atoms with van der Waals surface area (Å²) < 4.78 is 0. The smallest absolute Gasteiger partial charge is 0.0419 e. The summed E-state index contributed by atoms with van der Waals surface area (Å²) in [5.74, 6) is 0. The van der Waals surface area contributed by atoms with Crippen LogP contribution in [0.3, 0.4) is 0 Å². The Balaban J connectivity index is 1.66. The molecule has 0 bridgehead atoms. The van der Waals surface area contributed by atoms with Crippen molar-refractivity contribution in [2.75, 3.05) is 25.0 Å². The van der Waals surface area contributed by atoms with Gasteiger partial charge < -0.3 is 5.32 Å². The van der Waals surface area contributed by atoms with Gasteiger partial charge >= 0.3 is 0 Å². The van der Waals surface area contributed by atoms with Crippen LogP contribution in [0.15, 0.2) is 18.2 Å². The minimum atomic E-state index is 0.591. The lowest BCUT2D eigenvalue weighted by Crippen LogP contribution is -2.38. The van der Waals surface area contributed by atoms with Gasteiger partial charge in [0.2, 0.25) is 0 Å². The molecule has 0 atom stereocenters. The fourth-order valence-electron chi connectivity index (χ4n) is 3.39. The molecule has 2 heterocycles. The SMILES string of the molecule is CCC1(C)CCN(Cc2cccc3c2NCC3)CC1. The number of likely N-dealkylation sites (tertiary alicyclic amines) is 1. The standard InChI is InChI=1S/C17H26N2/c1-3-17(2)8-11-19(12-9-17)13-15-6-4-5-14-7-10-18-16(14)15/h4-6,18H,3,7-13H2,1-2H3. The molecule has 1 aromatic carbocycles. The molecule has 1 N–H and O–H groups in total. The first kappa shape index (κ1) is 13.0. The molecule has 0 amide bonds. The van der Waals surface area contributed by atoms with Crippen LogP contribution < -0.4 is 5.32 Å². The number of hydrogen-bond donors (Lipinski definition) is 1. The van der Waals surface area contributed by atoms with Crippen molar-refractivity contribution in [3.63, 3.8) is 0 Å². The number of nitrogens with one attached hydrogen (secondary N) is 1. The summed E-state index contributed by atoms with van der Waals surface area (Å²) in [4.78, 5) is 2.63. The maximum atomic E-state index is 3.56. The zero-order valence-corrected chi connectivity index (χ0v) is 12.3. The van der Waals surface area contributed by atoms with E-state index in [4.69, 9.17) is 0 Å². The number of piperidine rings is 1. The molecular formula is C17H26N2. The molecule has 1 fully saturated rings. The van der Waals surface area contributed by atoms with Gasteiger partial charge in [0.25, 0.3) is 0 Å². The number of nitrogens with zero attached hydrogens (tertiary/aromatic N) is 1. The number of anilines is 1. The van der Waals surface area contributed by atoms with Crippen molar-refractivity contribution in [2.45, 2.75) is 46.1 Å². The Hall–Kier alpha value is -1.02. The van der Waals surface area contributed by atoms with Crippen LogP contribution >= 0.6 is 0 Å². The predicted octanol–water partition coefficient (Wildman–Crippen LogP) is 3.67.